The van der Waals surface area contributed by atoms with Gasteiger partial charge in [0.25, 0.3) is 0 Å². The maximum absolute atomic E-state index is 14.8. The van der Waals surface area contributed by atoms with Crippen LogP contribution in [-0.2, 0) is 13.6 Å². The summed E-state index contributed by atoms with van der Waals surface area (Å²) >= 11 is 5.91. The molecule has 0 spiro atoms. The first-order valence-corrected chi connectivity index (χ1v) is 9.99. The summed E-state index contributed by atoms with van der Waals surface area (Å²) in [6.07, 6.45) is 4.50. The SMILES string of the molecule is Cn1c(-c2cc(F)c(Oc3cc(Cl)ccc3C=O)c(F)c2)cnc1CN1CCCC1. The number of benzene rings is 2. The van der Waals surface area contributed by atoms with E-state index in [-0.39, 0.29) is 16.3 Å². The third-order valence-electron chi connectivity index (χ3n) is 5.26. The zero-order valence-electron chi connectivity index (χ0n) is 16.4. The number of halogens is 3. The van der Waals surface area contributed by atoms with Crippen LogP contribution in [0, 0.1) is 11.6 Å². The van der Waals surface area contributed by atoms with Crippen LogP contribution in [-0.4, -0.2) is 33.8 Å². The van der Waals surface area contributed by atoms with Crippen molar-refractivity contribution in [2.75, 3.05) is 13.1 Å². The Balaban J connectivity index is 1.63. The van der Waals surface area contributed by atoms with Crippen molar-refractivity contribution >= 4 is 17.9 Å². The lowest BCUT2D eigenvalue weighted by atomic mass is 10.1. The first kappa shape index (κ1) is 20.5. The third kappa shape index (κ3) is 4.08. The monoisotopic (exact) mass is 431 g/mol. The molecule has 5 nitrogen and oxygen atoms in total. The van der Waals surface area contributed by atoms with E-state index < -0.39 is 17.4 Å². The zero-order valence-corrected chi connectivity index (χ0v) is 17.1. The van der Waals surface area contributed by atoms with Crippen molar-refractivity contribution in [3.8, 4) is 22.8 Å². The van der Waals surface area contributed by atoms with Gasteiger partial charge < -0.3 is 9.30 Å². The number of likely N-dealkylation sites (tertiary alicyclic amines) is 1. The molecule has 1 aliphatic rings. The van der Waals surface area contributed by atoms with Gasteiger partial charge in [-0.1, -0.05) is 11.6 Å². The van der Waals surface area contributed by atoms with Crippen molar-refractivity contribution in [3.05, 3.63) is 64.6 Å². The molecule has 0 atom stereocenters. The molecule has 2 heterocycles. The molecule has 8 heteroatoms. The summed E-state index contributed by atoms with van der Waals surface area (Å²) in [7, 11) is 1.83. The molecule has 2 aromatic carbocycles. The number of carbonyl (C=O) groups excluding carboxylic acids is 1. The molecule has 0 N–H and O–H groups in total. The van der Waals surface area contributed by atoms with Gasteiger partial charge in [0.05, 0.1) is 24.0 Å². The lowest BCUT2D eigenvalue weighted by molar-refractivity contribution is 0.112. The van der Waals surface area contributed by atoms with Gasteiger partial charge in [-0.05, 0) is 50.2 Å². The molecule has 4 rings (SSSR count). The standard InChI is InChI=1S/C22H20ClF2N3O2/c1-27-19(11-26-21(27)12-28-6-2-3-7-28)15-8-17(24)22(18(25)9-15)30-20-10-16(23)5-4-14(20)13-29/h4-5,8-11,13H,2-3,6-7,12H2,1H3. The highest BCUT2D eigenvalue weighted by Gasteiger charge is 2.20. The molecule has 1 saturated heterocycles. The average Bonchev–Trinajstić information content (AvgIpc) is 3.35. The highest BCUT2D eigenvalue weighted by Crippen LogP contribution is 2.34. The van der Waals surface area contributed by atoms with Crippen molar-refractivity contribution in [3.63, 3.8) is 0 Å². The quantitative estimate of drug-likeness (QED) is 0.502. The predicted molar refractivity (Wildman–Crippen MR) is 110 cm³/mol. The normalized spacial score (nSPS) is 14.3. The molecule has 0 amide bonds. The Morgan fingerprint density at radius 2 is 1.87 bits per heavy atom. The molecular weight excluding hydrogens is 412 g/mol. The Kier molecular flexibility index (Phi) is 5.83. The maximum atomic E-state index is 14.8. The van der Waals surface area contributed by atoms with Crippen molar-refractivity contribution in [1.29, 1.82) is 0 Å². The van der Waals surface area contributed by atoms with E-state index >= 15 is 0 Å². The van der Waals surface area contributed by atoms with Crippen LogP contribution in [0.25, 0.3) is 11.3 Å². The van der Waals surface area contributed by atoms with Crippen LogP contribution in [0.2, 0.25) is 5.02 Å². The number of hydrogen-bond acceptors (Lipinski definition) is 4. The lowest BCUT2D eigenvalue weighted by Crippen LogP contribution is -2.20. The number of hydrogen-bond donors (Lipinski definition) is 0. The number of aldehydes is 1. The van der Waals surface area contributed by atoms with Crippen LogP contribution >= 0.6 is 11.6 Å². The Bertz CT molecular complexity index is 1070. The van der Waals surface area contributed by atoms with Gasteiger partial charge in [-0.15, -0.1) is 0 Å². The molecule has 1 aromatic heterocycles. The first-order valence-electron chi connectivity index (χ1n) is 9.61. The van der Waals surface area contributed by atoms with Crippen LogP contribution in [0.5, 0.6) is 11.5 Å². The van der Waals surface area contributed by atoms with Crippen molar-refractivity contribution in [1.82, 2.24) is 14.5 Å². The van der Waals surface area contributed by atoms with Crippen LogP contribution in [0.4, 0.5) is 8.78 Å². The minimum atomic E-state index is -0.885. The molecular formula is C22H20ClF2N3O2. The highest BCUT2D eigenvalue weighted by molar-refractivity contribution is 6.30. The van der Waals surface area contributed by atoms with E-state index in [4.69, 9.17) is 16.3 Å². The highest BCUT2D eigenvalue weighted by atomic mass is 35.5. The minimum Gasteiger partial charge on any atom is -0.450 e. The van der Waals surface area contributed by atoms with E-state index in [1.165, 1.54) is 43.2 Å². The number of rotatable bonds is 6. The van der Waals surface area contributed by atoms with Crippen molar-refractivity contribution in [2.45, 2.75) is 19.4 Å². The van der Waals surface area contributed by atoms with Gasteiger partial charge in [0.1, 0.15) is 11.6 Å². The molecule has 1 aliphatic heterocycles. The molecule has 1 fully saturated rings. The van der Waals surface area contributed by atoms with Crippen LogP contribution in [0.15, 0.2) is 36.5 Å². The second-order valence-electron chi connectivity index (χ2n) is 7.27. The zero-order chi connectivity index (χ0) is 21.3. The van der Waals surface area contributed by atoms with Gasteiger partial charge in [0, 0.05) is 23.7 Å². The van der Waals surface area contributed by atoms with E-state index in [0.717, 1.165) is 18.9 Å². The Labute approximate surface area is 177 Å². The summed E-state index contributed by atoms with van der Waals surface area (Å²) in [5, 5.41) is 0.286. The predicted octanol–water partition coefficient (Wildman–Crippen LogP) is 5.22. The van der Waals surface area contributed by atoms with Gasteiger partial charge in [-0.25, -0.2) is 13.8 Å². The second-order valence-corrected chi connectivity index (χ2v) is 7.71. The van der Waals surface area contributed by atoms with Crippen molar-refractivity contribution < 1.29 is 18.3 Å². The minimum absolute atomic E-state index is 0.0171. The summed E-state index contributed by atoms with van der Waals surface area (Å²) in [6, 6.07) is 6.65. The fourth-order valence-corrected chi connectivity index (χ4v) is 3.77. The van der Waals surface area contributed by atoms with Crippen LogP contribution in [0.3, 0.4) is 0 Å². The topological polar surface area (TPSA) is 47.4 Å². The van der Waals surface area contributed by atoms with Gasteiger partial charge in [-0.3, -0.25) is 9.69 Å². The lowest BCUT2D eigenvalue weighted by Gasteiger charge is -2.15. The first-order chi connectivity index (χ1) is 14.5. The largest absolute Gasteiger partial charge is 0.450 e. The number of carbonyl (C=O) groups is 1. The summed E-state index contributed by atoms with van der Waals surface area (Å²) in [5.74, 6) is -1.55. The van der Waals surface area contributed by atoms with Gasteiger partial charge in [-0.2, -0.15) is 0 Å². The molecule has 156 valence electrons. The number of aromatic nitrogens is 2. The fourth-order valence-electron chi connectivity index (χ4n) is 3.61. The number of ether oxygens (including phenoxy) is 1. The number of nitrogens with zero attached hydrogens (tertiary/aromatic N) is 3. The molecule has 0 radical (unpaired) electrons. The molecule has 0 aliphatic carbocycles. The molecule has 0 unspecified atom stereocenters. The summed E-state index contributed by atoms with van der Waals surface area (Å²) in [4.78, 5) is 17.9. The maximum Gasteiger partial charge on any atom is 0.198 e. The van der Waals surface area contributed by atoms with Gasteiger partial charge >= 0.3 is 0 Å². The summed E-state index contributed by atoms with van der Waals surface area (Å²) < 4.78 is 36.7. The molecule has 0 saturated carbocycles. The van der Waals surface area contributed by atoms with Gasteiger partial charge in [0.15, 0.2) is 23.7 Å². The van der Waals surface area contributed by atoms with Crippen LogP contribution in [0.1, 0.15) is 29.0 Å². The van der Waals surface area contributed by atoms with E-state index in [1.54, 1.807) is 6.20 Å². The van der Waals surface area contributed by atoms with E-state index in [2.05, 4.69) is 9.88 Å². The Hall–Kier alpha value is -2.77. The van der Waals surface area contributed by atoms with E-state index in [9.17, 15) is 13.6 Å². The van der Waals surface area contributed by atoms with E-state index in [1.807, 2.05) is 11.6 Å². The summed E-state index contributed by atoms with van der Waals surface area (Å²) in [5.41, 5.74) is 1.09. The Morgan fingerprint density at radius 1 is 1.17 bits per heavy atom. The summed E-state index contributed by atoms with van der Waals surface area (Å²) in [6.45, 7) is 2.76. The smallest absolute Gasteiger partial charge is 0.198 e. The second kappa shape index (κ2) is 8.53. The fraction of sp³-hybridized carbons (Fsp3) is 0.273. The van der Waals surface area contributed by atoms with Crippen molar-refractivity contribution in [2.24, 2.45) is 7.05 Å². The van der Waals surface area contributed by atoms with Gasteiger partial charge in [0.2, 0.25) is 0 Å². The number of imidazole rings is 1. The molecule has 30 heavy (non-hydrogen) atoms. The molecule has 0 bridgehead atoms. The van der Waals surface area contributed by atoms with Crippen LogP contribution < -0.4 is 4.74 Å². The Morgan fingerprint density at radius 3 is 2.53 bits per heavy atom. The molecule has 3 aromatic rings. The average molecular weight is 432 g/mol. The third-order valence-corrected chi connectivity index (χ3v) is 5.49. The van der Waals surface area contributed by atoms with E-state index in [0.29, 0.717) is 24.1 Å².